The van der Waals surface area contributed by atoms with Gasteiger partial charge in [0.05, 0.1) is 12.7 Å². The van der Waals surface area contributed by atoms with Gasteiger partial charge in [0.1, 0.15) is 0 Å². The predicted octanol–water partition coefficient (Wildman–Crippen LogP) is 3.41. The highest BCUT2D eigenvalue weighted by Crippen LogP contribution is 2.25. The Kier molecular flexibility index (Phi) is 5.87. The van der Waals surface area contributed by atoms with Gasteiger partial charge in [0.25, 0.3) is 0 Å². The van der Waals surface area contributed by atoms with Crippen LogP contribution in [0.3, 0.4) is 0 Å². The van der Waals surface area contributed by atoms with Crippen LogP contribution in [0.5, 0.6) is 0 Å². The van der Waals surface area contributed by atoms with Crippen LogP contribution in [0, 0.1) is 5.92 Å². The molecule has 2 nitrogen and oxygen atoms in total. The topological polar surface area (TPSA) is 21.3 Å². The van der Waals surface area contributed by atoms with E-state index >= 15 is 0 Å². The highest BCUT2D eigenvalue weighted by Gasteiger charge is 2.28. The Morgan fingerprint density at radius 2 is 2.11 bits per heavy atom. The van der Waals surface area contributed by atoms with Crippen LogP contribution in [0.25, 0.3) is 0 Å². The van der Waals surface area contributed by atoms with Gasteiger partial charge in [-0.25, -0.2) is 0 Å². The highest BCUT2D eigenvalue weighted by molar-refractivity contribution is 5.14. The van der Waals surface area contributed by atoms with Gasteiger partial charge in [-0.05, 0) is 44.7 Å². The zero-order valence-electron chi connectivity index (χ0n) is 12.3. The van der Waals surface area contributed by atoms with E-state index in [2.05, 4.69) is 49.5 Å². The molecule has 1 heterocycles. The molecule has 3 atom stereocenters. The van der Waals surface area contributed by atoms with Crippen molar-refractivity contribution in [2.75, 3.05) is 13.2 Å². The highest BCUT2D eigenvalue weighted by atomic mass is 16.5. The molecule has 1 saturated heterocycles. The lowest BCUT2D eigenvalue weighted by Gasteiger charge is -2.23. The summed E-state index contributed by atoms with van der Waals surface area (Å²) in [7, 11) is 0. The predicted molar refractivity (Wildman–Crippen MR) is 80.4 cm³/mol. The van der Waals surface area contributed by atoms with Crippen LogP contribution in [0.1, 0.15) is 38.7 Å². The second kappa shape index (κ2) is 7.66. The van der Waals surface area contributed by atoms with E-state index < -0.39 is 0 Å². The van der Waals surface area contributed by atoms with Crippen molar-refractivity contribution < 1.29 is 4.74 Å². The Hall–Kier alpha value is -0.860. The van der Waals surface area contributed by atoms with Crippen LogP contribution in [0.4, 0.5) is 0 Å². The fraction of sp³-hybridized carbons (Fsp3) is 0.647. The molecular formula is C17H27NO. The van der Waals surface area contributed by atoms with Crippen molar-refractivity contribution >= 4 is 0 Å². The fourth-order valence-corrected chi connectivity index (χ4v) is 3.07. The Balaban J connectivity index is 1.77. The third-order valence-electron chi connectivity index (χ3n) is 4.09. The molecule has 1 fully saturated rings. The molecule has 0 amide bonds. The van der Waals surface area contributed by atoms with E-state index in [1.807, 2.05) is 0 Å². The third-order valence-corrected chi connectivity index (χ3v) is 4.09. The van der Waals surface area contributed by atoms with Crippen molar-refractivity contribution in [3.8, 4) is 0 Å². The SMILES string of the molecule is CCNC(CCCc1ccccc1)C1COC(C)C1. The van der Waals surface area contributed by atoms with Crippen molar-refractivity contribution in [1.82, 2.24) is 5.32 Å². The average Bonchev–Trinajstić information content (AvgIpc) is 2.86. The first-order chi connectivity index (χ1) is 9.29. The molecule has 1 aliphatic heterocycles. The standard InChI is InChI=1S/C17H27NO/c1-3-18-17(16-12-14(2)19-13-16)11-7-10-15-8-5-4-6-9-15/h4-6,8-9,14,16-18H,3,7,10-13H2,1-2H3. The van der Waals surface area contributed by atoms with Gasteiger partial charge < -0.3 is 10.1 Å². The first kappa shape index (κ1) is 14.5. The molecule has 1 aromatic carbocycles. The lowest BCUT2D eigenvalue weighted by molar-refractivity contribution is 0.116. The second-order valence-electron chi connectivity index (χ2n) is 5.68. The fourth-order valence-electron chi connectivity index (χ4n) is 3.07. The maximum Gasteiger partial charge on any atom is 0.0551 e. The van der Waals surface area contributed by atoms with Crippen molar-refractivity contribution in [3.05, 3.63) is 35.9 Å². The summed E-state index contributed by atoms with van der Waals surface area (Å²) in [5, 5.41) is 3.65. The minimum atomic E-state index is 0.445. The molecule has 3 unspecified atom stereocenters. The zero-order chi connectivity index (χ0) is 13.5. The van der Waals surface area contributed by atoms with Crippen LogP contribution in [0.2, 0.25) is 0 Å². The monoisotopic (exact) mass is 261 g/mol. The molecular weight excluding hydrogens is 234 g/mol. The molecule has 1 aromatic rings. The zero-order valence-corrected chi connectivity index (χ0v) is 12.3. The molecule has 0 aliphatic carbocycles. The lowest BCUT2D eigenvalue weighted by atomic mass is 9.92. The maximum absolute atomic E-state index is 5.72. The molecule has 2 rings (SSSR count). The summed E-state index contributed by atoms with van der Waals surface area (Å²) in [6.45, 7) is 6.38. The quantitative estimate of drug-likeness (QED) is 0.812. The van der Waals surface area contributed by atoms with E-state index in [1.54, 1.807) is 0 Å². The van der Waals surface area contributed by atoms with Crippen molar-refractivity contribution in [2.45, 2.75) is 51.7 Å². The summed E-state index contributed by atoms with van der Waals surface area (Å²) in [4.78, 5) is 0. The van der Waals surface area contributed by atoms with Gasteiger partial charge in [-0.2, -0.15) is 0 Å². The molecule has 19 heavy (non-hydrogen) atoms. The molecule has 0 spiro atoms. The van der Waals surface area contributed by atoms with E-state index in [0.29, 0.717) is 18.1 Å². The smallest absolute Gasteiger partial charge is 0.0551 e. The van der Waals surface area contributed by atoms with Gasteiger partial charge in [-0.15, -0.1) is 0 Å². The molecule has 2 heteroatoms. The van der Waals surface area contributed by atoms with Crippen molar-refractivity contribution in [3.63, 3.8) is 0 Å². The average molecular weight is 261 g/mol. The molecule has 106 valence electrons. The number of aryl methyl sites for hydroxylation is 1. The summed E-state index contributed by atoms with van der Waals surface area (Å²) in [5.74, 6) is 0.700. The Bertz CT molecular complexity index is 352. The summed E-state index contributed by atoms with van der Waals surface area (Å²) in [6.07, 6.45) is 5.35. The second-order valence-corrected chi connectivity index (χ2v) is 5.68. The molecule has 0 saturated carbocycles. The molecule has 1 aliphatic rings. The summed E-state index contributed by atoms with van der Waals surface area (Å²) in [6, 6.07) is 11.4. The number of rotatable bonds is 7. The number of ether oxygens (including phenoxy) is 1. The first-order valence-corrected chi connectivity index (χ1v) is 7.68. The normalized spacial score (nSPS) is 24.5. The van der Waals surface area contributed by atoms with E-state index in [0.717, 1.165) is 13.2 Å². The summed E-state index contributed by atoms with van der Waals surface area (Å²) >= 11 is 0. The van der Waals surface area contributed by atoms with Gasteiger partial charge >= 0.3 is 0 Å². The third kappa shape index (κ3) is 4.63. The van der Waals surface area contributed by atoms with Gasteiger partial charge in [-0.3, -0.25) is 0 Å². The van der Waals surface area contributed by atoms with Gasteiger partial charge in [0.2, 0.25) is 0 Å². The van der Waals surface area contributed by atoms with Gasteiger partial charge in [-0.1, -0.05) is 37.3 Å². The van der Waals surface area contributed by atoms with Crippen LogP contribution in [-0.2, 0) is 11.2 Å². The van der Waals surface area contributed by atoms with E-state index in [-0.39, 0.29) is 0 Å². The summed E-state index contributed by atoms with van der Waals surface area (Å²) < 4.78 is 5.72. The minimum absolute atomic E-state index is 0.445. The van der Waals surface area contributed by atoms with Gasteiger partial charge in [0, 0.05) is 12.0 Å². The maximum atomic E-state index is 5.72. The van der Waals surface area contributed by atoms with E-state index in [9.17, 15) is 0 Å². The first-order valence-electron chi connectivity index (χ1n) is 7.68. The van der Waals surface area contributed by atoms with Crippen LogP contribution in [0.15, 0.2) is 30.3 Å². The van der Waals surface area contributed by atoms with Crippen LogP contribution >= 0.6 is 0 Å². The minimum Gasteiger partial charge on any atom is -0.378 e. The van der Waals surface area contributed by atoms with Crippen LogP contribution < -0.4 is 5.32 Å². The van der Waals surface area contributed by atoms with Gasteiger partial charge in [0.15, 0.2) is 0 Å². The lowest BCUT2D eigenvalue weighted by Crippen LogP contribution is -2.36. The van der Waals surface area contributed by atoms with Crippen molar-refractivity contribution in [2.24, 2.45) is 5.92 Å². The van der Waals surface area contributed by atoms with E-state index in [1.165, 1.54) is 31.2 Å². The molecule has 0 radical (unpaired) electrons. The Morgan fingerprint density at radius 1 is 1.32 bits per heavy atom. The Labute approximate surface area is 117 Å². The number of nitrogens with one attached hydrogen (secondary N) is 1. The Morgan fingerprint density at radius 3 is 2.74 bits per heavy atom. The molecule has 0 bridgehead atoms. The largest absolute Gasteiger partial charge is 0.378 e. The summed E-state index contributed by atoms with van der Waals surface area (Å²) in [5.41, 5.74) is 1.45. The van der Waals surface area contributed by atoms with Crippen LogP contribution in [-0.4, -0.2) is 25.3 Å². The van der Waals surface area contributed by atoms with E-state index in [4.69, 9.17) is 4.74 Å². The van der Waals surface area contributed by atoms with Crippen molar-refractivity contribution in [1.29, 1.82) is 0 Å². The number of benzene rings is 1. The number of hydrogen-bond donors (Lipinski definition) is 1. The molecule has 0 aromatic heterocycles. The number of hydrogen-bond acceptors (Lipinski definition) is 2. The molecule has 1 N–H and O–H groups in total.